The highest BCUT2D eigenvalue weighted by Gasteiger charge is 2.12. The molecule has 0 spiro atoms. The maximum absolute atomic E-state index is 12.8. The number of Topliss-reactive ketones (excluding diaryl/α,β-unsaturated/α-hetero) is 1. The van der Waals surface area contributed by atoms with Gasteiger partial charge < -0.3 is 10.6 Å². The number of ketones is 1. The Hall–Kier alpha value is -3.68. The fourth-order valence-corrected chi connectivity index (χ4v) is 4.57. The van der Waals surface area contributed by atoms with E-state index in [1.165, 1.54) is 16.9 Å². The molecule has 164 valence electrons. The number of nitrogens with zero attached hydrogens (tertiary/aromatic N) is 3. The van der Waals surface area contributed by atoms with E-state index in [-0.39, 0.29) is 5.78 Å². The third kappa shape index (κ3) is 4.89. The molecule has 0 saturated carbocycles. The van der Waals surface area contributed by atoms with Gasteiger partial charge in [0.25, 0.3) is 0 Å². The molecule has 0 fully saturated rings. The predicted octanol–water partition coefficient (Wildman–Crippen LogP) is 5.03. The Kier molecular flexibility index (Phi) is 6.06. The molecule has 6 nitrogen and oxygen atoms in total. The molecule has 0 atom stereocenters. The lowest BCUT2D eigenvalue weighted by atomic mass is 10.0. The molecule has 4 aromatic rings. The molecule has 3 aromatic carbocycles. The number of nitrogens with one attached hydrogen (secondary N) is 2. The van der Waals surface area contributed by atoms with Gasteiger partial charge in [0.15, 0.2) is 5.78 Å². The number of anilines is 2. The zero-order chi connectivity index (χ0) is 22.6. The van der Waals surface area contributed by atoms with Crippen LogP contribution in [-0.2, 0) is 19.5 Å². The minimum absolute atomic E-state index is 0.0999. The van der Waals surface area contributed by atoms with Crippen LogP contribution in [0.3, 0.4) is 0 Å². The summed E-state index contributed by atoms with van der Waals surface area (Å²) in [5.74, 6) is 0.0999. The Balaban J connectivity index is 1.28. The van der Waals surface area contributed by atoms with Crippen LogP contribution in [0.15, 0.2) is 71.7 Å². The van der Waals surface area contributed by atoms with Crippen molar-refractivity contribution in [2.75, 3.05) is 12.4 Å². The van der Waals surface area contributed by atoms with Gasteiger partial charge in [-0.2, -0.15) is 0 Å². The zero-order valence-electron chi connectivity index (χ0n) is 18.2. The minimum Gasteiger partial charge on any atom is -0.330 e. The predicted molar refractivity (Wildman–Crippen MR) is 134 cm³/mol. The van der Waals surface area contributed by atoms with E-state index >= 15 is 0 Å². The summed E-state index contributed by atoms with van der Waals surface area (Å²) in [6.45, 7) is 1.54. The lowest BCUT2D eigenvalue weighted by molar-refractivity contribution is 0.0993. The molecule has 2 N–H and O–H groups in total. The zero-order valence-corrected chi connectivity index (χ0v) is 19.0. The molecule has 1 aliphatic rings. The number of fused-ring (bicyclic) bond motifs is 1. The molecule has 0 bridgehead atoms. The van der Waals surface area contributed by atoms with Gasteiger partial charge in [0.2, 0.25) is 5.13 Å². The minimum atomic E-state index is 0.0999. The summed E-state index contributed by atoms with van der Waals surface area (Å²) in [4.78, 5) is 17.1. The molecular formula is C26H23N5OS. The molecule has 33 heavy (non-hydrogen) atoms. The van der Waals surface area contributed by atoms with Crippen LogP contribution in [0.2, 0.25) is 0 Å². The van der Waals surface area contributed by atoms with Crippen molar-refractivity contribution in [3.05, 3.63) is 94.5 Å². The summed E-state index contributed by atoms with van der Waals surface area (Å²) in [6.07, 6.45) is 2.25. The maximum atomic E-state index is 12.8. The van der Waals surface area contributed by atoms with Crippen LogP contribution in [0.5, 0.6) is 0 Å². The second kappa shape index (κ2) is 9.44. The second-order valence-electron chi connectivity index (χ2n) is 7.95. The van der Waals surface area contributed by atoms with Crippen LogP contribution >= 0.6 is 11.3 Å². The van der Waals surface area contributed by atoms with Crippen molar-refractivity contribution in [2.24, 2.45) is 4.99 Å². The SMILES string of the molecule is CNCc1ccc(C(=O)Cc2cccc(-c3nnc(Nc4ccc5c(c4)C=NC5)s3)c2)cc1. The summed E-state index contributed by atoms with van der Waals surface area (Å²) in [5.41, 5.74) is 7.13. The normalized spacial score (nSPS) is 12.0. The highest BCUT2D eigenvalue weighted by molar-refractivity contribution is 7.18. The molecule has 0 aliphatic carbocycles. The number of rotatable bonds is 8. The first-order valence-corrected chi connectivity index (χ1v) is 11.6. The average molecular weight is 454 g/mol. The van der Waals surface area contributed by atoms with Crippen molar-refractivity contribution in [3.8, 4) is 10.6 Å². The lowest BCUT2D eigenvalue weighted by Crippen LogP contribution is -2.07. The van der Waals surface area contributed by atoms with Gasteiger partial charge in [-0.3, -0.25) is 9.79 Å². The van der Waals surface area contributed by atoms with Crippen molar-refractivity contribution in [1.82, 2.24) is 15.5 Å². The van der Waals surface area contributed by atoms with Crippen molar-refractivity contribution >= 4 is 34.2 Å². The van der Waals surface area contributed by atoms with Gasteiger partial charge in [-0.25, -0.2) is 0 Å². The third-order valence-corrected chi connectivity index (χ3v) is 6.40. The first-order chi connectivity index (χ1) is 16.2. The Labute approximate surface area is 196 Å². The van der Waals surface area contributed by atoms with Gasteiger partial charge in [-0.05, 0) is 47.5 Å². The van der Waals surface area contributed by atoms with Crippen molar-refractivity contribution in [3.63, 3.8) is 0 Å². The number of carbonyl (C=O) groups is 1. The van der Waals surface area contributed by atoms with E-state index in [1.54, 1.807) is 0 Å². The van der Waals surface area contributed by atoms with E-state index in [0.29, 0.717) is 6.42 Å². The highest BCUT2D eigenvalue weighted by Crippen LogP contribution is 2.30. The Morgan fingerprint density at radius 1 is 1.00 bits per heavy atom. The van der Waals surface area contributed by atoms with Gasteiger partial charge in [0.1, 0.15) is 5.01 Å². The Morgan fingerprint density at radius 2 is 1.88 bits per heavy atom. The summed E-state index contributed by atoms with van der Waals surface area (Å²) >= 11 is 1.49. The van der Waals surface area contributed by atoms with E-state index in [4.69, 9.17) is 0 Å². The molecular weight excluding hydrogens is 430 g/mol. The monoisotopic (exact) mass is 453 g/mol. The van der Waals surface area contributed by atoms with Crippen LogP contribution in [0, 0.1) is 0 Å². The summed E-state index contributed by atoms with van der Waals surface area (Å²) < 4.78 is 0. The maximum Gasteiger partial charge on any atom is 0.210 e. The van der Waals surface area contributed by atoms with Crippen LogP contribution in [-0.4, -0.2) is 29.2 Å². The van der Waals surface area contributed by atoms with E-state index in [9.17, 15) is 4.79 Å². The Bertz CT molecular complexity index is 1330. The Morgan fingerprint density at radius 3 is 2.73 bits per heavy atom. The molecule has 7 heteroatoms. The van der Waals surface area contributed by atoms with Crippen LogP contribution in [0.25, 0.3) is 10.6 Å². The van der Waals surface area contributed by atoms with E-state index in [2.05, 4.69) is 38.0 Å². The largest absolute Gasteiger partial charge is 0.330 e. The molecule has 2 heterocycles. The fourth-order valence-electron chi connectivity index (χ4n) is 3.81. The van der Waals surface area contributed by atoms with Crippen LogP contribution < -0.4 is 10.6 Å². The summed E-state index contributed by atoms with van der Waals surface area (Å²) in [6, 6.07) is 21.9. The van der Waals surface area contributed by atoms with Crippen molar-refractivity contribution in [1.29, 1.82) is 0 Å². The van der Waals surface area contributed by atoms with Gasteiger partial charge in [-0.1, -0.05) is 59.9 Å². The van der Waals surface area contributed by atoms with E-state index in [1.807, 2.05) is 67.9 Å². The molecule has 5 rings (SSSR count). The molecule has 1 aliphatic heterocycles. The summed E-state index contributed by atoms with van der Waals surface area (Å²) in [5, 5.41) is 16.6. The quantitative estimate of drug-likeness (QED) is 0.366. The third-order valence-electron chi connectivity index (χ3n) is 5.51. The molecule has 0 unspecified atom stereocenters. The molecule has 0 saturated heterocycles. The molecule has 0 radical (unpaired) electrons. The van der Waals surface area contributed by atoms with Gasteiger partial charge in [0.05, 0.1) is 6.54 Å². The number of aromatic nitrogens is 2. The van der Waals surface area contributed by atoms with Gasteiger partial charge in [0, 0.05) is 36.0 Å². The summed E-state index contributed by atoms with van der Waals surface area (Å²) in [7, 11) is 1.91. The van der Waals surface area contributed by atoms with E-state index in [0.717, 1.165) is 56.7 Å². The van der Waals surface area contributed by atoms with Crippen LogP contribution in [0.1, 0.15) is 32.6 Å². The fraction of sp³-hybridized carbons (Fsp3) is 0.154. The second-order valence-corrected chi connectivity index (χ2v) is 8.93. The number of carbonyl (C=O) groups excluding carboxylic acids is 1. The van der Waals surface area contributed by atoms with Crippen molar-refractivity contribution < 1.29 is 4.79 Å². The molecule has 0 amide bonds. The standard InChI is InChI=1S/C26H23N5OS/c1-27-14-17-5-7-19(8-6-17)24(32)12-18-3-2-4-20(11-18)25-30-31-26(33-25)29-23-10-9-21-15-28-16-22(21)13-23/h2-11,13,16,27H,12,14-15H2,1H3,(H,29,31). The average Bonchev–Trinajstić information content (AvgIpc) is 3.49. The molecule has 1 aromatic heterocycles. The number of hydrogen-bond donors (Lipinski definition) is 2. The van der Waals surface area contributed by atoms with Crippen LogP contribution in [0.4, 0.5) is 10.8 Å². The number of benzene rings is 3. The van der Waals surface area contributed by atoms with Gasteiger partial charge in [-0.15, -0.1) is 10.2 Å². The topological polar surface area (TPSA) is 79.3 Å². The lowest BCUT2D eigenvalue weighted by Gasteiger charge is -2.05. The highest BCUT2D eigenvalue weighted by atomic mass is 32.1. The first kappa shape index (κ1) is 21.2. The van der Waals surface area contributed by atoms with E-state index < -0.39 is 0 Å². The number of hydrogen-bond acceptors (Lipinski definition) is 7. The first-order valence-electron chi connectivity index (χ1n) is 10.8. The number of aliphatic imine (C=N–C) groups is 1. The smallest absolute Gasteiger partial charge is 0.210 e. The van der Waals surface area contributed by atoms with Crippen molar-refractivity contribution in [2.45, 2.75) is 19.5 Å². The van der Waals surface area contributed by atoms with Gasteiger partial charge >= 0.3 is 0 Å².